The standard InChI is InChI=1S/C13H18Cl2O/c1-2-3-4-5-6-10-16-12-9-7-8-11(14)13(12)15/h7-9H,2-6,10H2,1H3. The van der Waals surface area contributed by atoms with Crippen LogP contribution in [-0.2, 0) is 0 Å². The monoisotopic (exact) mass is 260 g/mol. The molecular weight excluding hydrogens is 243 g/mol. The van der Waals surface area contributed by atoms with Crippen molar-refractivity contribution in [1.82, 2.24) is 0 Å². The summed E-state index contributed by atoms with van der Waals surface area (Å²) < 4.78 is 5.58. The molecule has 0 heterocycles. The van der Waals surface area contributed by atoms with Gasteiger partial charge in [0.05, 0.1) is 11.6 Å². The molecule has 0 fully saturated rings. The van der Waals surface area contributed by atoms with E-state index in [9.17, 15) is 0 Å². The lowest BCUT2D eigenvalue weighted by molar-refractivity contribution is 0.305. The van der Waals surface area contributed by atoms with E-state index in [1.807, 2.05) is 12.1 Å². The summed E-state index contributed by atoms with van der Waals surface area (Å²) in [7, 11) is 0. The summed E-state index contributed by atoms with van der Waals surface area (Å²) in [5.74, 6) is 0.685. The molecule has 1 aromatic rings. The summed E-state index contributed by atoms with van der Waals surface area (Å²) in [5, 5.41) is 1.06. The third-order valence-electron chi connectivity index (χ3n) is 2.42. The van der Waals surface area contributed by atoms with Gasteiger partial charge < -0.3 is 4.74 Å². The lowest BCUT2D eigenvalue weighted by Gasteiger charge is -2.08. The maximum absolute atomic E-state index is 6.00. The van der Waals surface area contributed by atoms with Crippen molar-refractivity contribution >= 4 is 23.2 Å². The molecule has 0 unspecified atom stereocenters. The zero-order valence-electron chi connectivity index (χ0n) is 9.64. The van der Waals surface area contributed by atoms with Crippen molar-refractivity contribution in [2.24, 2.45) is 0 Å². The topological polar surface area (TPSA) is 9.23 Å². The van der Waals surface area contributed by atoms with Gasteiger partial charge in [0.1, 0.15) is 10.8 Å². The van der Waals surface area contributed by atoms with Gasteiger partial charge in [-0.3, -0.25) is 0 Å². The van der Waals surface area contributed by atoms with Crippen molar-refractivity contribution < 1.29 is 4.74 Å². The Bertz CT molecular complexity index is 313. The average Bonchev–Trinajstić information content (AvgIpc) is 2.29. The Morgan fingerprint density at radius 1 is 1.06 bits per heavy atom. The summed E-state index contributed by atoms with van der Waals surface area (Å²) in [6.07, 6.45) is 6.14. The average molecular weight is 261 g/mol. The van der Waals surface area contributed by atoms with Crippen LogP contribution in [0.25, 0.3) is 0 Å². The van der Waals surface area contributed by atoms with Gasteiger partial charge in [-0.1, -0.05) is 61.9 Å². The molecule has 0 aliphatic carbocycles. The zero-order chi connectivity index (χ0) is 11.8. The Kier molecular flexibility index (Phi) is 6.67. The van der Waals surface area contributed by atoms with Crippen LogP contribution in [0.4, 0.5) is 0 Å². The first kappa shape index (κ1) is 13.7. The molecule has 0 bridgehead atoms. The summed E-state index contributed by atoms with van der Waals surface area (Å²) in [4.78, 5) is 0. The number of hydrogen-bond donors (Lipinski definition) is 0. The molecule has 0 aromatic heterocycles. The second-order valence-electron chi connectivity index (χ2n) is 3.81. The van der Waals surface area contributed by atoms with Crippen LogP contribution in [0.1, 0.15) is 39.0 Å². The van der Waals surface area contributed by atoms with Gasteiger partial charge in [0, 0.05) is 0 Å². The van der Waals surface area contributed by atoms with Gasteiger partial charge >= 0.3 is 0 Å². The van der Waals surface area contributed by atoms with Crippen molar-refractivity contribution in [2.45, 2.75) is 39.0 Å². The van der Waals surface area contributed by atoms with Gasteiger partial charge in [-0.05, 0) is 18.6 Å². The molecular formula is C13H18Cl2O. The smallest absolute Gasteiger partial charge is 0.139 e. The second-order valence-corrected chi connectivity index (χ2v) is 4.60. The third-order valence-corrected chi connectivity index (χ3v) is 3.22. The number of unbranched alkanes of at least 4 members (excludes halogenated alkanes) is 4. The van der Waals surface area contributed by atoms with Gasteiger partial charge in [-0.25, -0.2) is 0 Å². The highest BCUT2D eigenvalue weighted by molar-refractivity contribution is 6.42. The van der Waals surface area contributed by atoms with Crippen molar-refractivity contribution in [1.29, 1.82) is 0 Å². The van der Waals surface area contributed by atoms with Crippen molar-refractivity contribution in [3.05, 3.63) is 28.2 Å². The molecule has 0 radical (unpaired) electrons. The van der Waals surface area contributed by atoms with Crippen LogP contribution in [0, 0.1) is 0 Å². The van der Waals surface area contributed by atoms with Gasteiger partial charge in [0.2, 0.25) is 0 Å². The fourth-order valence-electron chi connectivity index (χ4n) is 1.48. The number of rotatable bonds is 7. The van der Waals surface area contributed by atoms with Gasteiger partial charge in [-0.15, -0.1) is 0 Å². The summed E-state index contributed by atoms with van der Waals surface area (Å²) in [6, 6.07) is 5.46. The van der Waals surface area contributed by atoms with E-state index >= 15 is 0 Å². The highest BCUT2D eigenvalue weighted by Crippen LogP contribution is 2.31. The molecule has 0 amide bonds. The van der Waals surface area contributed by atoms with E-state index in [1.54, 1.807) is 6.07 Å². The van der Waals surface area contributed by atoms with E-state index in [1.165, 1.54) is 25.7 Å². The number of ether oxygens (including phenoxy) is 1. The molecule has 0 aliphatic rings. The van der Waals surface area contributed by atoms with E-state index in [-0.39, 0.29) is 0 Å². The minimum Gasteiger partial charge on any atom is -0.492 e. The molecule has 0 aliphatic heterocycles. The Morgan fingerprint density at radius 3 is 2.56 bits per heavy atom. The van der Waals surface area contributed by atoms with Crippen LogP contribution in [0.2, 0.25) is 10.0 Å². The first-order chi connectivity index (χ1) is 7.75. The molecule has 0 N–H and O–H groups in total. The maximum atomic E-state index is 6.00. The molecule has 0 atom stereocenters. The molecule has 90 valence electrons. The Balaban J connectivity index is 2.24. The Labute approximate surface area is 108 Å². The lowest BCUT2D eigenvalue weighted by Crippen LogP contribution is -1.97. The maximum Gasteiger partial charge on any atom is 0.139 e. The first-order valence-electron chi connectivity index (χ1n) is 5.82. The fourth-order valence-corrected chi connectivity index (χ4v) is 1.83. The van der Waals surface area contributed by atoms with E-state index < -0.39 is 0 Å². The highest BCUT2D eigenvalue weighted by Gasteiger charge is 2.04. The van der Waals surface area contributed by atoms with E-state index in [4.69, 9.17) is 27.9 Å². The largest absolute Gasteiger partial charge is 0.492 e. The van der Waals surface area contributed by atoms with Crippen LogP contribution in [0.15, 0.2) is 18.2 Å². The molecule has 1 nitrogen and oxygen atoms in total. The lowest BCUT2D eigenvalue weighted by atomic mass is 10.2. The van der Waals surface area contributed by atoms with E-state index in [2.05, 4.69) is 6.92 Å². The van der Waals surface area contributed by atoms with Gasteiger partial charge in [0.15, 0.2) is 0 Å². The summed E-state index contributed by atoms with van der Waals surface area (Å²) in [6.45, 7) is 2.92. The zero-order valence-corrected chi connectivity index (χ0v) is 11.2. The summed E-state index contributed by atoms with van der Waals surface area (Å²) in [5.41, 5.74) is 0. The van der Waals surface area contributed by atoms with E-state index in [0.717, 1.165) is 6.42 Å². The molecule has 1 rings (SSSR count). The number of benzene rings is 1. The number of hydrogen-bond acceptors (Lipinski definition) is 1. The molecule has 1 aromatic carbocycles. The van der Waals surface area contributed by atoms with Crippen LogP contribution in [-0.4, -0.2) is 6.61 Å². The second kappa shape index (κ2) is 7.81. The van der Waals surface area contributed by atoms with Gasteiger partial charge in [0.25, 0.3) is 0 Å². The Morgan fingerprint density at radius 2 is 1.81 bits per heavy atom. The first-order valence-corrected chi connectivity index (χ1v) is 6.58. The van der Waals surface area contributed by atoms with Gasteiger partial charge in [-0.2, -0.15) is 0 Å². The molecule has 0 spiro atoms. The highest BCUT2D eigenvalue weighted by atomic mass is 35.5. The van der Waals surface area contributed by atoms with Crippen molar-refractivity contribution in [3.63, 3.8) is 0 Å². The SMILES string of the molecule is CCCCCCCOc1cccc(Cl)c1Cl. The van der Waals surface area contributed by atoms with Crippen molar-refractivity contribution in [3.8, 4) is 5.75 Å². The van der Waals surface area contributed by atoms with Crippen LogP contribution in [0.5, 0.6) is 5.75 Å². The number of halogens is 2. The predicted molar refractivity (Wildman–Crippen MR) is 70.7 cm³/mol. The van der Waals surface area contributed by atoms with Crippen LogP contribution < -0.4 is 4.74 Å². The normalized spacial score (nSPS) is 10.4. The predicted octanol–water partition coefficient (Wildman–Crippen LogP) is 5.34. The molecule has 0 saturated heterocycles. The van der Waals surface area contributed by atoms with Crippen LogP contribution in [0.3, 0.4) is 0 Å². The quantitative estimate of drug-likeness (QED) is 0.602. The fraction of sp³-hybridized carbons (Fsp3) is 0.538. The van der Waals surface area contributed by atoms with Crippen molar-refractivity contribution in [2.75, 3.05) is 6.61 Å². The third kappa shape index (κ3) is 4.63. The molecule has 3 heteroatoms. The minimum atomic E-state index is 0.512. The molecule has 0 saturated carbocycles. The minimum absolute atomic E-state index is 0.512. The van der Waals surface area contributed by atoms with Crippen LogP contribution >= 0.6 is 23.2 Å². The summed E-state index contributed by atoms with van der Waals surface area (Å²) >= 11 is 11.9. The van der Waals surface area contributed by atoms with E-state index in [0.29, 0.717) is 22.4 Å². The Hall–Kier alpha value is -0.400. The molecule has 16 heavy (non-hydrogen) atoms.